The Labute approximate surface area is 129 Å². The van der Waals surface area contributed by atoms with Gasteiger partial charge < -0.3 is 10.1 Å². The number of carbonyl (C=O) groups excluding carboxylic acids is 1. The van der Waals surface area contributed by atoms with Gasteiger partial charge in [-0.05, 0) is 46.9 Å². The maximum absolute atomic E-state index is 13.2. The molecular formula is C15H30N2O2. The van der Waals surface area contributed by atoms with Crippen LogP contribution in [-0.4, -0.2) is 45.2 Å². The minimum Gasteiger partial charge on any atom is -0.342 e. The van der Waals surface area contributed by atoms with E-state index in [-0.39, 0.29) is 6.42 Å². The second kappa shape index (κ2) is 5.80. The highest BCUT2D eigenvalue weighted by Crippen LogP contribution is 2.44. The molecule has 4 nitrogen and oxygen atoms in total. The van der Waals surface area contributed by atoms with Crippen molar-refractivity contribution in [2.45, 2.75) is 71.7 Å². The Balaban J connectivity index is 3.24. The molecule has 0 aromatic heterocycles. The SMILES string of the molecule is [3H]C([3H])C([3H])([3H])CN(CC([3H])([3H])C([3H])[3H])C(=O)C1CC(C)(C)N(O)C1(C)C. The van der Waals surface area contributed by atoms with E-state index in [1.54, 1.807) is 27.7 Å². The third kappa shape index (κ3) is 3.11. The summed E-state index contributed by atoms with van der Waals surface area (Å²) in [4.78, 5) is 14.1. The van der Waals surface area contributed by atoms with Crippen LogP contribution in [-0.2, 0) is 4.79 Å². The van der Waals surface area contributed by atoms with E-state index in [9.17, 15) is 10.0 Å². The second-order valence-electron chi connectivity index (χ2n) is 6.14. The van der Waals surface area contributed by atoms with Gasteiger partial charge in [-0.25, -0.2) is 0 Å². The average molecular weight is 286 g/mol. The zero-order valence-electron chi connectivity index (χ0n) is 20.1. The molecular weight excluding hydrogens is 240 g/mol. The molecule has 1 N–H and O–H groups in total. The van der Waals surface area contributed by atoms with Crippen LogP contribution in [0.2, 0.25) is 0 Å². The average Bonchev–Trinajstić information content (AvgIpc) is 2.65. The molecule has 1 heterocycles. The van der Waals surface area contributed by atoms with Gasteiger partial charge in [-0.1, -0.05) is 13.8 Å². The molecule has 0 radical (unpaired) electrons. The highest BCUT2D eigenvalue weighted by molar-refractivity contribution is 5.80. The molecule has 1 atom stereocenters. The van der Waals surface area contributed by atoms with Gasteiger partial charge in [-0.15, -0.1) is 0 Å². The lowest BCUT2D eigenvalue weighted by Crippen LogP contribution is -2.50. The lowest BCUT2D eigenvalue weighted by Gasteiger charge is -2.36. The van der Waals surface area contributed by atoms with E-state index in [1.165, 1.54) is 0 Å². The standard InChI is InChI=1S/C15H30N2O2/c1-7-9-16(10-8-2)13(18)12-11-14(3,4)17(19)15(12,5)6/h12,19H,7-11H2,1-6H3/i1T2,2T2,7T2,8T2. The summed E-state index contributed by atoms with van der Waals surface area (Å²) in [5.74, 6) is -1.41. The smallest absolute Gasteiger partial charge is 0.227 e. The van der Waals surface area contributed by atoms with Crippen molar-refractivity contribution in [1.82, 2.24) is 9.96 Å². The zero-order chi connectivity index (χ0) is 21.6. The number of amides is 1. The van der Waals surface area contributed by atoms with Gasteiger partial charge >= 0.3 is 0 Å². The fraction of sp³-hybridized carbons (Fsp3) is 0.933. The van der Waals surface area contributed by atoms with Gasteiger partial charge in [0.2, 0.25) is 5.91 Å². The summed E-state index contributed by atoms with van der Waals surface area (Å²) in [5, 5.41) is 11.5. The highest BCUT2D eigenvalue weighted by Gasteiger charge is 2.54. The molecule has 0 aromatic rings. The van der Waals surface area contributed by atoms with Crippen LogP contribution in [0.25, 0.3) is 0 Å². The van der Waals surface area contributed by atoms with Crippen LogP contribution in [0.15, 0.2) is 0 Å². The highest BCUT2D eigenvalue weighted by atomic mass is 16.5. The molecule has 1 fully saturated rings. The molecule has 0 saturated carbocycles. The molecule has 1 aliphatic heterocycles. The molecule has 4 heteroatoms. The maximum atomic E-state index is 13.2. The predicted octanol–water partition coefficient (Wildman–Crippen LogP) is 2.90. The van der Waals surface area contributed by atoms with E-state index in [0.29, 0.717) is 0 Å². The summed E-state index contributed by atoms with van der Waals surface area (Å²) >= 11 is 0. The molecule has 0 bridgehead atoms. The first-order valence-corrected chi connectivity index (χ1v) is 6.33. The van der Waals surface area contributed by atoms with Crippen LogP contribution < -0.4 is 0 Å². The Morgan fingerprint density at radius 1 is 1.37 bits per heavy atom. The van der Waals surface area contributed by atoms with Crippen LogP contribution in [0.4, 0.5) is 0 Å². The summed E-state index contributed by atoms with van der Waals surface area (Å²) in [7, 11) is 0. The molecule has 0 aliphatic carbocycles. The van der Waals surface area contributed by atoms with Crippen LogP contribution in [0.5, 0.6) is 0 Å². The maximum Gasteiger partial charge on any atom is 0.227 e. The van der Waals surface area contributed by atoms with Gasteiger partial charge in [0.15, 0.2) is 0 Å². The molecule has 1 rings (SSSR count). The number of nitrogens with zero attached hydrogens (tertiary/aromatic N) is 2. The number of hydrogen-bond acceptors (Lipinski definition) is 3. The van der Waals surface area contributed by atoms with E-state index in [1.807, 2.05) is 0 Å². The Kier molecular flexibility index (Phi) is 2.44. The molecule has 1 amide bonds. The Hall–Kier alpha value is -0.610. The first kappa shape index (κ1) is 7.99. The van der Waals surface area contributed by atoms with Crippen molar-refractivity contribution in [3.05, 3.63) is 0 Å². The van der Waals surface area contributed by atoms with Gasteiger partial charge in [-0.2, -0.15) is 5.06 Å². The fourth-order valence-electron chi connectivity index (χ4n) is 2.81. The molecule has 1 aliphatic rings. The predicted molar refractivity (Wildman–Crippen MR) is 77.1 cm³/mol. The molecule has 19 heavy (non-hydrogen) atoms. The summed E-state index contributed by atoms with van der Waals surface area (Å²) in [6.07, 6.45) is -4.58. The molecule has 1 saturated heterocycles. The van der Waals surface area contributed by atoms with Gasteiger partial charge in [0.25, 0.3) is 0 Å². The minimum atomic E-state index is -2.41. The van der Waals surface area contributed by atoms with Crippen molar-refractivity contribution in [1.29, 1.82) is 0 Å². The van der Waals surface area contributed by atoms with E-state index in [4.69, 9.17) is 11.0 Å². The van der Waals surface area contributed by atoms with Crippen molar-refractivity contribution in [3.63, 3.8) is 0 Å². The Bertz CT molecular complexity index is 532. The summed E-state index contributed by atoms with van der Waals surface area (Å²) in [5.41, 5.74) is -1.73. The van der Waals surface area contributed by atoms with Crippen LogP contribution in [0.3, 0.4) is 0 Å². The van der Waals surface area contributed by atoms with E-state index >= 15 is 0 Å². The summed E-state index contributed by atoms with van der Waals surface area (Å²) < 4.78 is 60.7. The summed E-state index contributed by atoms with van der Waals surface area (Å²) in [6.45, 7) is 1.61. The Morgan fingerprint density at radius 3 is 2.26 bits per heavy atom. The molecule has 0 spiro atoms. The van der Waals surface area contributed by atoms with E-state index < -0.39 is 62.5 Å². The Morgan fingerprint density at radius 2 is 1.89 bits per heavy atom. The molecule has 112 valence electrons. The van der Waals surface area contributed by atoms with Gasteiger partial charge in [0, 0.05) is 29.6 Å². The topological polar surface area (TPSA) is 43.8 Å². The van der Waals surface area contributed by atoms with E-state index in [2.05, 4.69) is 0 Å². The van der Waals surface area contributed by atoms with E-state index in [0.717, 1.165) is 9.96 Å². The van der Waals surface area contributed by atoms with Gasteiger partial charge in [0.1, 0.15) is 0 Å². The third-order valence-electron chi connectivity index (χ3n) is 3.85. The monoisotopic (exact) mass is 286 g/mol. The van der Waals surface area contributed by atoms with Gasteiger partial charge in [0.05, 0.1) is 11.5 Å². The first-order chi connectivity index (χ1) is 11.9. The number of hydrogen-bond donors (Lipinski definition) is 1. The van der Waals surface area contributed by atoms with Crippen molar-refractivity contribution in [3.8, 4) is 0 Å². The number of rotatable bonds is 5. The summed E-state index contributed by atoms with van der Waals surface area (Å²) in [6, 6.07) is 0. The lowest BCUT2D eigenvalue weighted by atomic mass is 9.85. The van der Waals surface area contributed by atoms with Gasteiger partial charge in [-0.3, -0.25) is 4.79 Å². The van der Waals surface area contributed by atoms with Crippen molar-refractivity contribution in [2.24, 2.45) is 5.92 Å². The van der Waals surface area contributed by atoms with Crippen LogP contribution in [0, 0.1) is 5.92 Å². The molecule has 1 unspecified atom stereocenters. The number of carbonyl (C=O) groups is 1. The largest absolute Gasteiger partial charge is 0.342 e. The quantitative estimate of drug-likeness (QED) is 0.845. The lowest BCUT2D eigenvalue weighted by molar-refractivity contribution is -0.198. The van der Waals surface area contributed by atoms with Crippen molar-refractivity contribution in [2.75, 3.05) is 13.1 Å². The van der Waals surface area contributed by atoms with Crippen molar-refractivity contribution < 1.29 is 21.0 Å². The number of hydroxylamine groups is 2. The van der Waals surface area contributed by atoms with Crippen LogP contribution in [0.1, 0.15) is 71.6 Å². The zero-order valence-corrected chi connectivity index (χ0v) is 12.1. The van der Waals surface area contributed by atoms with Crippen LogP contribution >= 0.6 is 0 Å². The first-order valence-electron chi connectivity index (χ1n) is 10.6. The van der Waals surface area contributed by atoms with Crippen molar-refractivity contribution >= 4 is 5.91 Å². The normalized spacial score (nSPS) is 33.5. The third-order valence-corrected chi connectivity index (χ3v) is 3.85. The second-order valence-corrected chi connectivity index (χ2v) is 6.14. The fourth-order valence-corrected chi connectivity index (χ4v) is 2.81. The minimum absolute atomic E-state index is 0.244. The molecule has 0 aromatic carbocycles.